The largest absolute Gasteiger partial charge is 0.466 e. The summed E-state index contributed by atoms with van der Waals surface area (Å²) in [7, 11) is 0. The lowest BCUT2D eigenvalue weighted by molar-refractivity contribution is -0.212. The van der Waals surface area contributed by atoms with Gasteiger partial charge in [0.05, 0.1) is 24.0 Å². The van der Waals surface area contributed by atoms with Gasteiger partial charge in [-0.25, -0.2) is 5.01 Å². The van der Waals surface area contributed by atoms with E-state index >= 15 is 0 Å². The maximum atomic E-state index is 6.74. The van der Waals surface area contributed by atoms with Gasteiger partial charge in [-0.05, 0) is 48.7 Å². The maximum Gasteiger partial charge on any atom is 0.203 e. The first-order valence-corrected chi connectivity index (χ1v) is 12.4. The number of benzene rings is 3. The van der Waals surface area contributed by atoms with Crippen molar-refractivity contribution in [3.63, 3.8) is 0 Å². The molecule has 3 aliphatic rings. The van der Waals surface area contributed by atoms with Gasteiger partial charge < -0.3 is 9.47 Å². The predicted octanol–water partition coefficient (Wildman–Crippen LogP) is 6.94. The summed E-state index contributed by atoms with van der Waals surface area (Å²) in [4.78, 5) is 0. The lowest BCUT2D eigenvalue weighted by atomic mass is 9.86. The van der Waals surface area contributed by atoms with Crippen molar-refractivity contribution in [3.05, 3.63) is 88.4 Å². The van der Waals surface area contributed by atoms with E-state index in [0.29, 0.717) is 6.61 Å². The first kappa shape index (κ1) is 20.9. The molecule has 6 rings (SSSR count). The Hall–Kier alpha value is -2.63. The van der Waals surface area contributed by atoms with Crippen LogP contribution >= 0.6 is 15.9 Å². The summed E-state index contributed by atoms with van der Waals surface area (Å²) in [6.45, 7) is 4.96. The van der Waals surface area contributed by atoms with Crippen LogP contribution in [0.4, 0.5) is 0 Å². The zero-order chi connectivity index (χ0) is 22.6. The van der Waals surface area contributed by atoms with Crippen LogP contribution in [0.1, 0.15) is 50.3 Å². The Morgan fingerprint density at radius 2 is 1.67 bits per heavy atom. The lowest BCUT2D eigenvalue weighted by Crippen LogP contribution is -2.60. The molecule has 0 bridgehead atoms. The molecule has 0 amide bonds. The minimum atomic E-state index is -0.487. The molecule has 3 aliphatic heterocycles. The van der Waals surface area contributed by atoms with Crippen molar-refractivity contribution in [1.82, 2.24) is 5.01 Å². The van der Waals surface area contributed by atoms with E-state index < -0.39 is 5.72 Å². The zero-order valence-electron chi connectivity index (χ0n) is 18.9. The molecule has 0 aromatic heterocycles. The van der Waals surface area contributed by atoms with Crippen molar-refractivity contribution in [1.29, 1.82) is 0 Å². The van der Waals surface area contributed by atoms with Crippen LogP contribution in [0, 0.1) is 0 Å². The van der Waals surface area contributed by atoms with Gasteiger partial charge in [-0.1, -0.05) is 70.5 Å². The summed E-state index contributed by atoms with van der Waals surface area (Å²) < 4.78 is 13.9. The molecule has 3 heterocycles. The molecule has 0 radical (unpaired) electrons. The number of hydrazone groups is 1. The minimum absolute atomic E-state index is 0.156. The fraction of sp³-hybridized carbons (Fsp3) is 0.321. The van der Waals surface area contributed by atoms with Gasteiger partial charge in [0.2, 0.25) is 5.72 Å². The quantitative estimate of drug-likeness (QED) is 0.380. The van der Waals surface area contributed by atoms with Gasteiger partial charge in [0, 0.05) is 29.3 Å². The summed E-state index contributed by atoms with van der Waals surface area (Å²) in [5.74, 6) is 0.966. The van der Waals surface area contributed by atoms with Gasteiger partial charge in [0.25, 0.3) is 0 Å². The maximum absolute atomic E-state index is 6.74. The smallest absolute Gasteiger partial charge is 0.203 e. The number of hydrogen-bond donors (Lipinski definition) is 0. The van der Waals surface area contributed by atoms with E-state index in [2.05, 4.69) is 102 Å². The van der Waals surface area contributed by atoms with Crippen LogP contribution in [0.5, 0.6) is 5.75 Å². The van der Waals surface area contributed by atoms with Gasteiger partial charge >= 0.3 is 0 Å². The number of nitrogens with zero attached hydrogens (tertiary/aromatic N) is 2. The summed E-state index contributed by atoms with van der Waals surface area (Å²) >= 11 is 3.65. The van der Waals surface area contributed by atoms with Crippen LogP contribution in [0.15, 0.2) is 82.4 Å². The molecule has 3 aromatic carbocycles. The summed E-state index contributed by atoms with van der Waals surface area (Å²) in [5.41, 5.74) is 5.17. The molecule has 0 unspecified atom stereocenters. The third-order valence-electron chi connectivity index (χ3n) is 6.97. The van der Waals surface area contributed by atoms with E-state index in [4.69, 9.17) is 14.6 Å². The van der Waals surface area contributed by atoms with E-state index in [-0.39, 0.29) is 11.6 Å². The van der Waals surface area contributed by atoms with E-state index in [1.807, 2.05) is 6.07 Å². The molecule has 2 atom stereocenters. The van der Waals surface area contributed by atoms with E-state index in [1.54, 1.807) is 0 Å². The first-order valence-electron chi connectivity index (χ1n) is 11.6. The second-order valence-electron chi connectivity index (χ2n) is 9.82. The number of ether oxygens (including phenoxy) is 2. The van der Waals surface area contributed by atoms with Crippen molar-refractivity contribution in [3.8, 4) is 16.9 Å². The van der Waals surface area contributed by atoms with Crippen LogP contribution in [-0.4, -0.2) is 28.7 Å². The topological polar surface area (TPSA) is 34.1 Å². The molecule has 1 saturated heterocycles. The first-order chi connectivity index (χ1) is 15.9. The van der Waals surface area contributed by atoms with Crippen molar-refractivity contribution >= 4 is 21.6 Å². The molecule has 0 saturated carbocycles. The Labute approximate surface area is 203 Å². The molecule has 0 N–H and O–H groups in total. The fourth-order valence-electron chi connectivity index (χ4n) is 5.49. The van der Waals surface area contributed by atoms with Crippen molar-refractivity contribution < 1.29 is 9.47 Å². The number of rotatable bonds is 2. The van der Waals surface area contributed by atoms with Gasteiger partial charge in [0.15, 0.2) is 0 Å². The van der Waals surface area contributed by atoms with Gasteiger partial charge in [0.1, 0.15) is 5.75 Å². The number of hydrogen-bond acceptors (Lipinski definition) is 4. The number of halogens is 1. The Bertz CT molecular complexity index is 1220. The monoisotopic (exact) mass is 502 g/mol. The second kappa shape index (κ2) is 7.71. The normalized spacial score (nSPS) is 25.2. The Balaban J connectivity index is 1.39. The standard InChI is InChI=1S/C28H27BrN2O2/c1-27(2)18-28(14-15-32-27)31-25(23-16-22(29)12-13-26(23)33-28)17-24(30-31)21-10-8-20(9-11-21)19-6-4-3-5-7-19/h3-13,16,25H,14-15,17-18H2,1-2H3/t25-,28-/m0/s1. The summed E-state index contributed by atoms with van der Waals surface area (Å²) in [6, 6.07) is 25.8. The molecule has 1 spiro atoms. The third kappa shape index (κ3) is 3.68. The van der Waals surface area contributed by atoms with Crippen LogP contribution in [0.25, 0.3) is 11.1 Å². The lowest BCUT2D eigenvalue weighted by Gasteiger charge is -2.52. The highest BCUT2D eigenvalue weighted by Gasteiger charge is 2.54. The zero-order valence-corrected chi connectivity index (χ0v) is 20.5. The average Bonchev–Trinajstić information content (AvgIpc) is 3.27. The molecular weight excluding hydrogens is 476 g/mol. The van der Waals surface area contributed by atoms with Crippen molar-refractivity contribution in [2.75, 3.05) is 6.61 Å². The van der Waals surface area contributed by atoms with Gasteiger partial charge in [-0.15, -0.1) is 0 Å². The molecule has 3 aromatic rings. The SMILES string of the molecule is CC1(C)C[C@]2(CCO1)Oc1ccc(Br)cc1[C@@H]1CC(c3ccc(-c4ccccc4)cc3)=NN12. The van der Waals surface area contributed by atoms with Gasteiger partial charge in [-0.3, -0.25) is 0 Å². The van der Waals surface area contributed by atoms with E-state index in [1.165, 1.54) is 22.3 Å². The van der Waals surface area contributed by atoms with Crippen LogP contribution < -0.4 is 4.74 Å². The highest BCUT2D eigenvalue weighted by atomic mass is 79.9. The third-order valence-corrected chi connectivity index (χ3v) is 7.46. The average molecular weight is 503 g/mol. The minimum Gasteiger partial charge on any atom is -0.466 e. The molecule has 4 nitrogen and oxygen atoms in total. The fourth-order valence-corrected chi connectivity index (χ4v) is 5.87. The van der Waals surface area contributed by atoms with Crippen molar-refractivity contribution in [2.45, 2.75) is 50.5 Å². The predicted molar refractivity (Wildman–Crippen MR) is 134 cm³/mol. The van der Waals surface area contributed by atoms with E-state index in [9.17, 15) is 0 Å². The Kier molecular flexibility index (Phi) is 4.89. The Morgan fingerprint density at radius 1 is 0.939 bits per heavy atom. The molecule has 1 fully saturated rings. The molecule has 168 valence electrons. The summed E-state index contributed by atoms with van der Waals surface area (Å²) in [6.07, 6.45) is 2.43. The highest BCUT2D eigenvalue weighted by Crippen LogP contribution is 2.52. The summed E-state index contributed by atoms with van der Waals surface area (Å²) in [5, 5.41) is 7.45. The van der Waals surface area contributed by atoms with Crippen LogP contribution in [-0.2, 0) is 4.74 Å². The van der Waals surface area contributed by atoms with Crippen LogP contribution in [0.2, 0.25) is 0 Å². The van der Waals surface area contributed by atoms with Crippen LogP contribution in [0.3, 0.4) is 0 Å². The number of fused-ring (bicyclic) bond motifs is 4. The van der Waals surface area contributed by atoms with Gasteiger partial charge in [-0.2, -0.15) is 5.10 Å². The highest BCUT2D eigenvalue weighted by molar-refractivity contribution is 9.10. The molecule has 0 aliphatic carbocycles. The van der Waals surface area contributed by atoms with E-state index in [0.717, 1.165) is 35.2 Å². The molecular formula is C28H27BrN2O2. The van der Waals surface area contributed by atoms with Crippen molar-refractivity contribution in [2.24, 2.45) is 5.10 Å². The molecule has 33 heavy (non-hydrogen) atoms. The second-order valence-corrected chi connectivity index (χ2v) is 10.7. The Morgan fingerprint density at radius 3 is 2.42 bits per heavy atom. The molecule has 5 heteroatoms.